The number of likely N-dealkylation sites (tertiary alicyclic amines) is 1. The van der Waals surface area contributed by atoms with Crippen molar-refractivity contribution in [3.63, 3.8) is 0 Å². The van der Waals surface area contributed by atoms with Crippen molar-refractivity contribution in [2.75, 3.05) is 19.6 Å². The van der Waals surface area contributed by atoms with Crippen LogP contribution in [0.2, 0.25) is 0 Å². The van der Waals surface area contributed by atoms with E-state index < -0.39 is 17.4 Å². The standard InChI is InChI=1S/C15H17FN2O3/c16-13-2-1-11(9-12(13)10-17)3-6-18-7-4-15(21,5-8-18)14(19)20/h1-2,9,21H,3-8H2,(H,19,20). The second-order valence-corrected chi connectivity index (χ2v) is 5.35. The summed E-state index contributed by atoms with van der Waals surface area (Å²) >= 11 is 0. The lowest BCUT2D eigenvalue weighted by Gasteiger charge is -2.35. The molecular formula is C15H17FN2O3. The molecule has 0 aromatic heterocycles. The third-order valence-corrected chi connectivity index (χ3v) is 3.95. The number of aliphatic carboxylic acids is 1. The zero-order valence-corrected chi connectivity index (χ0v) is 11.5. The average molecular weight is 292 g/mol. The molecule has 1 aliphatic heterocycles. The first-order valence-corrected chi connectivity index (χ1v) is 6.81. The fourth-order valence-corrected chi connectivity index (χ4v) is 2.46. The minimum absolute atomic E-state index is 0.0337. The van der Waals surface area contributed by atoms with Crippen LogP contribution in [0.4, 0.5) is 4.39 Å². The van der Waals surface area contributed by atoms with Crippen LogP contribution in [0.1, 0.15) is 24.0 Å². The Morgan fingerprint density at radius 1 is 1.43 bits per heavy atom. The summed E-state index contributed by atoms with van der Waals surface area (Å²) in [5.74, 6) is -1.69. The number of hydrogen-bond acceptors (Lipinski definition) is 4. The number of piperidine rings is 1. The summed E-state index contributed by atoms with van der Waals surface area (Å²) in [7, 11) is 0. The van der Waals surface area contributed by atoms with Crippen LogP contribution < -0.4 is 0 Å². The van der Waals surface area contributed by atoms with Crippen molar-refractivity contribution in [3.8, 4) is 6.07 Å². The summed E-state index contributed by atoms with van der Waals surface area (Å²) < 4.78 is 13.2. The van der Waals surface area contributed by atoms with Crippen molar-refractivity contribution >= 4 is 5.97 Å². The van der Waals surface area contributed by atoms with Crippen molar-refractivity contribution in [3.05, 3.63) is 35.1 Å². The summed E-state index contributed by atoms with van der Waals surface area (Å²) in [6.45, 7) is 1.70. The van der Waals surface area contributed by atoms with E-state index in [0.717, 1.165) is 5.56 Å². The molecule has 1 fully saturated rings. The first kappa shape index (κ1) is 15.4. The minimum atomic E-state index is -1.61. The van der Waals surface area contributed by atoms with Gasteiger partial charge in [0.2, 0.25) is 0 Å². The number of aliphatic hydroxyl groups is 1. The summed E-state index contributed by atoms with van der Waals surface area (Å²) in [6, 6.07) is 6.28. The molecule has 21 heavy (non-hydrogen) atoms. The molecule has 0 unspecified atom stereocenters. The lowest BCUT2D eigenvalue weighted by molar-refractivity contribution is -0.163. The van der Waals surface area contributed by atoms with Crippen molar-refractivity contribution in [1.82, 2.24) is 4.90 Å². The van der Waals surface area contributed by atoms with Gasteiger partial charge in [0.05, 0.1) is 5.56 Å². The number of benzene rings is 1. The Kier molecular flexibility index (Phi) is 4.56. The van der Waals surface area contributed by atoms with Gasteiger partial charge in [0.1, 0.15) is 11.9 Å². The van der Waals surface area contributed by atoms with E-state index in [-0.39, 0.29) is 18.4 Å². The van der Waals surface area contributed by atoms with Gasteiger partial charge in [0.15, 0.2) is 5.60 Å². The van der Waals surface area contributed by atoms with Crippen molar-refractivity contribution < 1.29 is 19.4 Å². The molecule has 0 amide bonds. The Bertz CT molecular complexity index is 575. The lowest BCUT2D eigenvalue weighted by Crippen LogP contribution is -2.49. The molecule has 0 radical (unpaired) electrons. The number of nitrogens with zero attached hydrogens (tertiary/aromatic N) is 2. The van der Waals surface area contributed by atoms with Crippen LogP contribution in [0.25, 0.3) is 0 Å². The molecule has 1 aromatic carbocycles. The van der Waals surface area contributed by atoms with Crippen LogP contribution >= 0.6 is 0 Å². The van der Waals surface area contributed by atoms with Crippen LogP contribution in [0.3, 0.4) is 0 Å². The average Bonchev–Trinajstić information content (AvgIpc) is 2.48. The maximum atomic E-state index is 13.2. The zero-order valence-electron chi connectivity index (χ0n) is 11.5. The second-order valence-electron chi connectivity index (χ2n) is 5.35. The predicted octanol–water partition coefficient (Wildman–Crippen LogP) is 1.15. The Morgan fingerprint density at radius 2 is 2.10 bits per heavy atom. The number of carbonyl (C=O) groups is 1. The van der Waals surface area contributed by atoms with Crippen LogP contribution in [0, 0.1) is 17.1 Å². The number of carboxylic acid groups (broad SMARTS) is 1. The highest BCUT2D eigenvalue weighted by atomic mass is 19.1. The highest BCUT2D eigenvalue weighted by molar-refractivity contribution is 5.77. The normalized spacial score (nSPS) is 18.1. The van der Waals surface area contributed by atoms with E-state index in [1.807, 2.05) is 6.07 Å². The molecule has 0 atom stereocenters. The molecule has 2 rings (SSSR count). The lowest BCUT2D eigenvalue weighted by atomic mass is 9.91. The molecule has 2 N–H and O–H groups in total. The molecule has 0 aliphatic carbocycles. The number of hydrogen-bond donors (Lipinski definition) is 2. The monoisotopic (exact) mass is 292 g/mol. The van der Waals surface area contributed by atoms with Gasteiger partial charge in [-0.2, -0.15) is 5.26 Å². The highest BCUT2D eigenvalue weighted by Gasteiger charge is 2.39. The van der Waals surface area contributed by atoms with Crippen molar-refractivity contribution in [2.24, 2.45) is 0 Å². The largest absolute Gasteiger partial charge is 0.479 e. The minimum Gasteiger partial charge on any atom is -0.479 e. The molecule has 1 saturated heterocycles. The van der Waals surface area contributed by atoms with Gasteiger partial charge in [-0.1, -0.05) is 6.07 Å². The second kappa shape index (κ2) is 6.20. The summed E-state index contributed by atoms with van der Waals surface area (Å²) in [5.41, 5.74) is -0.709. The fourth-order valence-electron chi connectivity index (χ4n) is 2.46. The van der Waals surface area contributed by atoms with E-state index >= 15 is 0 Å². The van der Waals surface area contributed by atoms with Crippen LogP contribution in [0.15, 0.2) is 18.2 Å². The van der Waals surface area contributed by atoms with E-state index in [0.29, 0.717) is 26.1 Å². The van der Waals surface area contributed by atoms with E-state index in [1.165, 1.54) is 12.1 Å². The third-order valence-electron chi connectivity index (χ3n) is 3.95. The maximum Gasteiger partial charge on any atom is 0.335 e. The van der Waals surface area contributed by atoms with Gasteiger partial charge in [0, 0.05) is 19.6 Å². The van der Waals surface area contributed by atoms with Crippen molar-refractivity contribution in [1.29, 1.82) is 5.26 Å². The zero-order chi connectivity index (χ0) is 15.5. The Hall–Kier alpha value is -1.97. The highest BCUT2D eigenvalue weighted by Crippen LogP contribution is 2.22. The van der Waals surface area contributed by atoms with Gasteiger partial charge in [-0.3, -0.25) is 0 Å². The Balaban J connectivity index is 1.88. The van der Waals surface area contributed by atoms with Gasteiger partial charge in [0.25, 0.3) is 0 Å². The molecule has 112 valence electrons. The number of carboxylic acids is 1. The number of rotatable bonds is 4. The van der Waals surface area contributed by atoms with E-state index in [1.54, 1.807) is 6.07 Å². The predicted molar refractivity (Wildman–Crippen MR) is 73.1 cm³/mol. The van der Waals surface area contributed by atoms with Crippen LogP contribution in [0.5, 0.6) is 0 Å². The van der Waals surface area contributed by atoms with Gasteiger partial charge in [-0.15, -0.1) is 0 Å². The molecule has 1 aliphatic rings. The van der Waals surface area contributed by atoms with Crippen LogP contribution in [-0.2, 0) is 11.2 Å². The smallest absolute Gasteiger partial charge is 0.335 e. The topological polar surface area (TPSA) is 84.6 Å². The molecule has 1 heterocycles. The summed E-state index contributed by atoms with van der Waals surface area (Å²) in [6.07, 6.45) is 1.06. The summed E-state index contributed by atoms with van der Waals surface area (Å²) in [5, 5.41) is 27.6. The molecular weight excluding hydrogens is 275 g/mol. The quantitative estimate of drug-likeness (QED) is 0.869. The molecule has 0 bridgehead atoms. The van der Waals surface area contributed by atoms with Gasteiger partial charge in [-0.25, -0.2) is 9.18 Å². The third kappa shape index (κ3) is 3.57. The first-order chi connectivity index (χ1) is 9.94. The molecule has 6 heteroatoms. The molecule has 1 aromatic rings. The first-order valence-electron chi connectivity index (χ1n) is 6.81. The van der Waals surface area contributed by atoms with Crippen LogP contribution in [-0.4, -0.2) is 46.3 Å². The molecule has 0 spiro atoms. The number of nitriles is 1. The van der Waals surface area contributed by atoms with Gasteiger partial charge < -0.3 is 15.1 Å². The van der Waals surface area contributed by atoms with Gasteiger partial charge >= 0.3 is 5.97 Å². The van der Waals surface area contributed by atoms with Gasteiger partial charge in [-0.05, 0) is 37.0 Å². The fraction of sp³-hybridized carbons (Fsp3) is 0.467. The maximum absolute atomic E-state index is 13.2. The molecule has 0 saturated carbocycles. The Labute approximate surface area is 122 Å². The SMILES string of the molecule is N#Cc1cc(CCN2CCC(O)(C(=O)O)CC2)ccc1F. The number of halogens is 1. The van der Waals surface area contributed by atoms with E-state index in [9.17, 15) is 14.3 Å². The Morgan fingerprint density at radius 3 is 2.67 bits per heavy atom. The van der Waals surface area contributed by atoms with Crippen molar-refractivity contribution in [2.45, 2.75) is 24.9 Å². The van der Waals surface area contributed by atoms with E-state index in [2.05, 4.69) is 4.90 Å². The summed E-state index contributed by atoms with van der Waals surface area (Å²) in [4.78, 5) is 13.0. The molecule has 5 nitrogen and oxygen atoms in total. The van der Waals surface area contributed by atoms with E-state index in [4.69, 9.17) is 10.4 Å².